The second-order valence-electron chi connectivity index (χ2n) is 5.56. The van der Waals surface area contributed by atoms with E-state index >= 15 is 0 Å². The fourth-order valence-electron chi connectivity index (χ4n) is 2.62. The molecule has 1 aromatic rings. The van der Waals surface area contributed by atoms with Crippen molar-refractivity contribution in [2.75, 3.05) is 7.11 Å². The zero-order chi connectivity index (χ0) is 14.0. The fraction of sp³-hybridized carbons (Fsp3) is 0.625. The zero-order valence-corrected chi connectivity index (χ0v) is 12.3. The van der Waals surface area contributed by atoms with Crippen molar-refractivity contribution in [3.05, 3.63) is 23.8 Å². The Morgan fingerprint density at radius 1 is 1.32 bits per heavy atom. The molecule has 0 heterocycles. The van der Waals surface area contributed by atoms with Gasteiger partial charge in [0.2, 0.25) is 0 Å². The van der Waals surface area contributed by atoms with Crippen LogP contribution in [0.15, 0.2) is 18.2 Å². The number of hydrogen-bond donors (Lipinski definition) is 1. The molecule has 0 saturated heterocycles. The highest BCUT2D eigenvalue weighted by atomic mass is 16.5. The molecule has 1 aliphatic rings. The van der Waals surface area contributed by atoms with E-state index in [1.807, 2.05) is 12.1 Å². The maximum absolute atomic E-state index is 9.91. The van der Waals surface area contributed by atoms with Crippen molar-refractivity contribution in [2.24, 2.45) is 5.41 Å². The molecule has 0 aliphatic heterocycles. The van der Waals surface area contributed by atoms with Crippen molar-refractivity contribution in [1.29, 1.82) is 0 Å². The van der Waals surface area contributed by atoms with E-state index in [0.29, 0.717) is 6.42 Å². The Kier molecular flexibility index (Phi) is 4.04. The van der Waals surface area contributed by atoms with E-state index in [-0.39, 0.29) is 17.6 Å². The summed E-state index contributed by atoms with van der Waals surface area (Å²) in [6.07, 6.45) is 2.39. The van der Waals surface area contributed by atoms with Crippen LogP contribution in [0.3, 0.4) is 0 Å². The molecule has 1 aliphatic carbocycles. The van der Waals surface area contributed by atoms with Crippen LogP contribution in [0.25, 0.3) is 0 Å². The average molecular weight is 264 g/mol. The van der Waals surface area contributed by atoms with Crippen LogP contribution in [0.1, 0.15) is 39.2 Å². The van der Waals surface area contributed by atoms with Crippen LogP contribution in [-0.2, 0) is 6.42 Å². The quantitative estimate of drug-likeness (QED) is 0.887. The Morgan fingerprint density at radius 3 is 2.58 bits per heavy atom. The summed E-state index contributed by atoms with van der Waals surface area (Å²) in [5.41, 5.74) is 1.09. The smallest absolute Gasteiger partial charge is 0.161 e. The molecule has 1 saturated carbocycles. The van der Waals surface area contributed by atoms with E-state index in [0.717, 1.165) is 24.3 Å². The largest absolute Gasteiger partial charge is 0.493 e. The number of aryl methyl sites for hydroxylation is 1. The van der Waals surface area contributed by atoms with Crippen molar-refractivity contribution >= 4 is 0 Å². The van der Waals surface area contributed by atoms with Gasteiger partial charge in [-0.3, -0.25) is 0 Å². The first-order chi connectivity index (χ1) is 9.05. The van der Waals surface area contributed by atoms with E-state index < -0.39 is 0 Å². The Bertz CT molecular complexity index is 444. The molecule has 3 unspecified atom stereocenters. The van der Waals surface area contributed by atoms with Crippen LogP contribution < -0.4 is 9.47 Å². The molecule has 0 radical (unpaired) electrons. The maximum atomic E-state index is 9.91. The van der Waals surface area contributed by atoms with Gasteiger partial charge in [0.1, 0.15) is 6.10 Å². The molecule has 0 bridgehead atoms. The molecule has 3 nitrogen and oxygen atoms in total. The topological polar surface area (TPSA) is 38.7 Å². The lowest BCUT2D eigenvalue weighted by Gasteiger charge is -2.50. The summed E-state index contributed by atoms with van der Waals surface area (Å²) in [5, 5.41) is 9.91. The van der Waals surface area contributed by atoms with Gasteiger partial charge in [-0.15, -0.1) is 0 Å². The van der Waals surface area contributed by atoms with E-state index in [1.165, 1.54) is 5.56 Å². The van der Waals surface area contributed by atoms with E-state index in [1.54, 1.807) is 7.11 Å². The van der Waals surface area contributed by atoms with Gasteiger partial charge in [0.05, 0.1) is 13.2 Å². The molecule has 3 atom stereocenters. The molecule has 3 heteroatoms. The van der Waals surface area contributed by atoms with Crippen LogP contribution in [0.5, 0.6) is 11.5 Å². The number of aliphatic hydroxyl groups is 1. The molecule has 1 aromatic carbocycles. The van der Waals surface area contributed by atoms with E-state index in [2.05, 4.69) is 26.8 Å². The van der Waals surface area contributed by atoms with Crippen molar-refractivity contribution in [3.8, 4) is 11.5 Å². The van der Waals surface area contributed by atoms with Gasteiger partial charge >= 0.3 is 0 Å². The number of aliphatic hydroxyl groups excluding tert-OH is 1. The highest BCUT2D eigenvalue weighted by molar-refractivity contribution is 5.43. The Morgan fingerprint density at radius 2 is 2.05 bits per heavy atom. The minimum atomic E-state index is -0.261. The van der Waals surface area contributed by atoms with Gasteiger partial charge in [0, 0.05) is 11.8 Å². The Hall–Kier alpha value is -1.22. The predicted octanol–water partition coefficient (Wildman–Crippen LogP) is 3.19. The maximum Gasteiger partial charge on any atom is 0.161 e. The lowest BCUT2D eigenvalue weighted by Crippen LogP contribution is -2.57. The third kappa shape index (κ3) is 2.44. The van der Waals surface area contributed by atoms with Crippen molar-refractivity contribution in [3.63, 3.8) is 0 Å². The fourth-order valence-corrected chi connectivity index (χ4v) is 2.62. The van der Waals surface area contributed by atoms with Gasteiger partial charge in [-0.05, 0) is 30.5 Å². The lowest BCUT2D eigenvalue weighted by atomic mass is 9.63. The normalized spacial score (nSPS) is 29.7. The molecule has 0 spiro atoms. The lowest BCUT2D eigenvalue weighted by molar-refractivity contribution is -0.147. The SMILES string of the molecule is CCc1ccc(OC2CC(O)C2(C)CC)c(OC)c1. The van der Waals surface area contributed by atoms with Crippen LogP contribution in [0, 0.1) is 5.41 Å². The van der Waals surface area contributed by atoms with E-state index in [4.69, 9.17) is 9.47 Å². The zero-order valence-electron chi connectivity index (χ0n) is 12.3. The van der Waals surface area contributed by atoms with E-state index in [9.17, 15) is 5.11 Å². The number of methoxy groups -OCH3 is 1. The first kappa shape index (κ1) is 14.2. The van der Waals surface area contributed by atoms with Gasteiger partial charge in [0.25, 0.3) is 0 Å². The van der Waals surface area contributed by atoms with Crippen molar-refractivity contribution in [1.82, 2.24) is 0 Å². The highest BCUT2D eigenvalue weighted by Crippen LogP contribution is 2.47. The third-order valence-corrected chi connectivity index (χ3v) is 4.60. The number of benzene rings is 1. The molecule has 2 rings (SSSR count). The molecular formula is C16H24O3. The molecule has 0 aromatic heterocycles. The summed E-state index contributed by atoms with van der Waals surface area (Å²) in [7, 11) is 1.66. The van der Waals surface area contributed by atoms with Gasteiger partial charge in [-0.1, -0.05) is 26.8 Å². The number of rotatable bonds is 5. The Labute approximate surface area is 115 Å². The van der Waals surface area contributed by atoms with Gasteiger partial charge in [-0.2, -0.15) is 0 Å². The molecular weight excluding hydrogens is 240 g/mol. The average Bonchev–Trinajstić information content (AvgIpc) is 2.46. The second-order valence-corrected chi connectivity index (χ2v) is 5.56. The second kappa shape index (κ2) is 5.41. The summed E-state index contributed by atoms with van der Waals surface area (Å²) < 4.78 is 11.5. The van der Waals surface area contributed by atoms with Gasteiger partial charge in [-0.25, -0.2) is 0 Å². The number of ether oxygens (including phenoxy) is 2. The van der Waals surface area contributed by atoms with Crippen LogP contribution >= 0.6 is 0 Å². The molecule has 1 N–H and O–H groups in total. The molecule has 0 amide bonds. The summed E-state index contributed by atoms with van der Waals surface area (Å²) >= 11 is 0. The minimum absolute atomic E-state index is 0.0638. The highest BCUT2D eigenvalue weighted by Gasteiger charge is 2.51. The monoisotopic (exact) mass is 264 g/mol. The Balaban J connectivity index is 2.16. The van der Waals surface area contributed by atoms with Crippen molar-refractivity contribution in [2.45, 2.75) is 52.2 Å². The third-order valence-electron chi connectivity index (χ3n) is 4.60. The standard InChI is InChI=1S/C16H24O3/c1-5-11-7-8-12(13(9-11)18-4)19-15-10-14(17)16(15,3)6-2/h7-9,14-15,17H,5-6,10H2,1-4H3. The number of hydrogen-bond acceptors (Lipinski definition) is 3. The first-order valence-electron chi connectivity index (χ1n) is 7.06. The van der Waals surface area contributed by atoms with Crippen molar-refractivity contribution < 1.29 is 14.6 Å². The summed E-state index contributed by atoms with van der Waals surface area (Å²) in [4.78, 5) is 0. The molecule has 106 valence electrons. The molecule has 19 heavy (non-hydrogen) atoms. The summed E-state index contributed by atoms with van der Waals surface area (Å²) in [6.45, 7) is 6.29. The molecule has 1 fully saturated rings. The minimum Gasteiger partial charge on any atom is -0.493 e. The predicted molar refractivity (Wildman–Crippen MR) is 75.8 cm³/mol. The van der Waals surface area contributed by atoms with Crippen LogP contribution in [0.2, 0.25) is 0 Å². The summed E-state index contributed by atoms with van der Waals surface area (Å²) in [6, 6.07) is 6.06. The van der Waals surface area contributed by atoms with Gasteiger partial charge in [0.15, 0.2) is 11.5 Å². The van der Waals surface area contributed by atoms with Gasteiger partial charge < -0.3 is 14.6 Å². The summed E-state index contributed by atoms with van der Waals surface area (Å²) in [5.74, 6) is 1.55. The van der Waals surface area contributed by atoms with Crippen LogP contribution in [-0.4, -0.2) is 24.4 Å². The van der Waals surface area contributed by atoms with Crippen LogP contribution in [0.4, 0.5) is 0 Å². The first-order valence-corrected chi connectivity index (χ1v) is 7.06.